The number of aryl methyl sites for hydroxylation is 1. The highest BCUT2D eigenvalue weighted by Gasteiger charge is 2.47. The fourth-order valence-electron chi connectivity index (χ4n) is 4.69. The van der Waals surface area contributed by atoms with Crippen LogP contribution in [-0.4, -0.2) is 63.8 Å². The Labute approximate surface area is 184 Å². The van der Waals surface area contributed by atoms with E-state index in [-0.39, 0.29) is 0 Å². The molecular weight excluding hydrogens is 384 g/mol. The molecule has 2 aliphatic heterocycles. The van der Waals surface area contributed by atoms with Gasteiger partial charge in [-0.25, -0.2) is 4.98 Å². The third-order valence-corrected chi connectivity index (χ3v) is 6.66. The Morgan fingerprint density at radius 1 is 1.13 bits per heavy atom. The molecule has 0 unspecified atom stereocenters. The molecule has 0 saturated carbocycles. The third-order valence-electron chi connectivity index (χ3n) is 6.66. The zero-order valence-corrected chi connectivity index (χ0v) is 18.8. The first kappa shape index (κ1) is 20.2. The van der Waals surface area contributed by atoms with Gasteiger partial charge in [0.2, 0.25) is 0 Å². The molecule has 31 heavy (non-hydrogen) atoms. The first-order valence-corrected chi connectivity index (χ1v) is 11.2. The Kier molecular flexibility index (Phi) is 5.28. The van der Waals surface area contributed by atoms with E-state index in [1.807, 2.05) is 13.2 Å². The highest BCUT2D eigenvalue weighted by molar-refractivity contribution is 5.96. The van der Waals surface area contributed by atoms with Crippen LogP contribution in [0.25, 0.3) is 22.2 Å². The van der Waals surface area contributed by atoms with Crippen molar-refractivity contribution in [3.63, 3.8) is 0 Å². The molecule has 0 radical (unpaired) electrons. The van der Waals surface area contributed by atoms with E-state index in [0.29, 0.717) is 5.41 Å². The fourth-order valence-corrected chi connectivity index (χ4v) is 4.69. The Balaban J connectivity index is 1.50. The minimum Gasteiger partial charge on any atom is -0.378 e. The van der Waals surface area contributed by atoms with E-state index in [2.05, 4.69) is 70.9 Å². The molecule has 5 rings (SSSR count). The van der Waals surface area contributed by atoms with Gasteiger partial charge >= 0.3 is 0 Å². The molecule has 2 N–H and O–H groups in total. The van der Waals surface area contributed by atoms with Crippen molar-refractivity contribution in [2.45, 2.75) is 12.8 Å². The zero-order valence-electron chi connectivity index (χ0n) is 18.8. The van der Waals surface area contributed by atoms with E-state index in [1.165, 1.54) is 16.8 Å². The van der Waals surface area contributed by atoms with Crippen LogP contribution < -0.4 is 20.4 Å². The Morgan fingerprint density at radius 3 is 2.61 bits per heavy atom. The number of hydrogen-bond acceptors (Lipinski definition) is 6. The number of anilines is 2. The highest BCUT2D eigenvalue weighted by atomic mass is 15.3. The molecule has 162 valence electrons. The second-order valence-electron chi connectivity index (χ2n) is 9.33. The quantitative estimate of drug-likeness (QED) is 0.578. The molecule has 2 aliphatic rings. The lowest BCUT2D eigenvalue weighted by atomic mass is 9.74. The third kappa shape index (κ3) is 3.86. The number of nitrogens with zero attached hydrogens (tertiary/aromatic N) is 4. The van der Waals surface area contributed by atoms with Gasteiger partial charge in [-0.2, -0.15) is 0 Å². The number of pyridine rings is 2. The summed E-state index contributed by atoms with van der Waals surface area (Å²) in [7, 11) is 6.14. The summed E-state index contributed by atoms with van der Waals surface area (Å²) in [5.74, 6) is 0. The summed E-state index contributed by atoms with van der Waals surface area (Å²) in [4.78, 5) is 14.4. The molecule has 6 heteroatoms. The summed E-state index contributed by atoms with van der Waals surface area (Å²) in [6.45, 7) is 5.54. The topological polar surface area (TPSA) is 56.3 Å². The van der Waals surface area contributed by atoms with Gasteiger partial charge in [-0.05, 0) is 62.8 Å². The summed E-state index contributed by atoms with van der Waals surface area (Å²) in [6, 6.07) is 13.2. The number of rotatable bonds is 7. The number of fused-ring (bicyclic) bond motifs is 1. The second kappa shape index (κ2) is 8.09. The minimum absolute atomic E-state index is 0.482. The van der Waals surface area contributed by atoms with Gasteiger partial charge in [0.15, 0.2) is 0 Å². The standard InChI is InChI=1S/C25H32N6/c1-26-10-4-5-19-7-6-18(13-28-19)22-12-24(31-16-25(17-31)14-27-15-25)21-9-8-20(30(2)3)11-23(21)29-22/h6-9,11-13,26-27H,4-5,10,14-17H2,1-3H3. The monoisotopic (exact) mass is 416 g/mol. The Hall–Kier alpha value is -2.70. The van der Waals surface area contributed by atoms with Crippen LogP contribution >= 0.6 is 0 Å². The summed E-state index contributed by atoms with van der Waals surface area (Å²) in [6.07, 6.45) is 4.07. The van der Waals surface area contributed by atoms with Crippen molar-refractivity contribution in [1.29, 1.82) is 0 Å². The van der Waals surface area contributed by atoms with Crippen LogP contribution in [0.2, 0.25) is 0 Å². The van der Waals surface area contributed by atoms with Gasteiger partial charge in [0.1, 0.15) is 0 Å². The molecule has 4 heterocycles. The van der Waals surface area contributed by atoms with Crippen LogP contribution in [-0.2, 0) is 6.42 Å². The van der Waals surface area contributed by atoms with Crippen LogP contribution in [0.4, 0.5) is 11.4 Å². The highest BCUT2D eigenvalue weighted by Crippen LogP contribution is 2.41. The largest absolute Gasteiger partial charge is 0.378 e. The summed E-state index contributed by atoms with van der Waals surface area (Å²) in [5.41, 5.74) is 7.21. The predicted octanol–water partition coefficient (Wildman–Crippen LogP) is 2.92. The van der Waals surface area contributed by atoms with Gasteiger partial charge in [-0.1, -0.05) is 0 Å². The summed E-state index contributed by atoms with van der Waals surface area (Å²) >= 11 is 0. The molecule has 0 bridgehead atoms. The van der Waals surface area contributed by atoms with E-state index in [0.717, 1.165) is 68.0 Å². The van der Waals surface area contributed by atoms with Crippen LogP contribution in [0.3, 0.4) is 0 Å². The van der Waals surface area contributed by atoms with E-state index in [1.54, 1.807) is 0 Å². The van der Waals surface area contributed by atoms with Crippen LogP contribution in [0.15, 0.2) is 42.6 Å². The molecule has 1 spiro atoms. The molecule has 3 aromatic rings. The van der Waals surface area contributed by atoms with Crippen molar-refractivity contribution in [3.8, 4) is 11.3 Å². The second-order valence-corrected chi connectivity index (χ2v) is 9.33. The average Bonchev–Trinajstić information content (AvgIpc) is 2.71. The number of aromatic nitrogens is 2. The normalized spacial score (nSPS) is 16.9. The maximum Gasteiger partial charge on any atom is 0.0751 e. The van der Waals surface area contributed by atoms with Gasteiger partial charge in [-0.3, -0.25) is 4.98 Å². The maximum atomic E-state index is 5.05. The molecule has 2 saturated heterocycles. The van der Waals surface area contributed by atoms with Crippen molar-refractivity contribution in [1.82, 2.24) is 20.6 Å². The van der Waals surface area contributed by atoms with Crippen molar-refractivity contribution in [2.24, 2.45) is 5.41 Å². The predicted molar refractivity (Wildman–Crippen MR) is 129 cm³/mol. The van der Waals surface area contributed by atoms with Gasteiger partial charge in [0.25, 0.3) is 0 Å². The SMILES string of the molecule is CNCCCc1ccc(-c2cc(N3CC4(CNC4)C3)c3ccc(N(C)C)cc3n2)cn1. The molecular formula is C25H32N6. The number of nitrogens with one attached hydrogen (secondary N) is 2. The summed E-state index contributed by atoms with van der Waals surface area (Å²) < 4.78 is 0. The smallest absolute Gasteiger partial charge is 0.0751 e. The Bertz CT molecular complexity index is 1060. The minimum atomic E-state index is 0.482. The zero-order chi connectivity index (χ0) is 21.4. The van der Waals surface area contributed by atoms with Gasteiger partial charge < -0.3 is 20.4 Å². The van der Waals surface area contributed by atoms with E-state index in [9.17, 15) is 0 Å². The average molecular weight is 417 g/mol. The van der Waals surface area contributed by atoms with Crippen molar-refractivity contribution in [2.75, 3.05) is 63.7 Å². The molecule has 0 atom stereocenters. The van der Waals surface area contributed by atoms with Gasteiger partial charge in [0, 0.05) is 79.9 Å². The van der Waals surface area contributed by atoms with E-state index < -0.39 is 0 Å². The fraction of sp³-hybridized carbons (Fsp3) is 0.440. The molecule has 0 aliphatic carbocycles. The van der Waals surface area contributed by atoms with E-state index >= 15 is 0 Å². The molecule has 0 amide bonds. The Morgan fingerprint density at radius 2 is 1.97 bits per heavy atom. The summed E-state index contributed by atoms with van der Waals surface area (Å²) in [5, 5.41) is 7.86. The van der Waals surface area contributed by atoms with E-state index in [4.69, 9.17) is 9.97 Å². The lowest BCUT2D eigenvalue weighted by Crippen LogP contribution is -2.71. The van der Waals surface area contributed by atoms with Crippen molar-refractivity contribution >= 4 is 22.3 Å². The van der Waals surface area contributed by atoms with Crippen molar-refractivity contribution < 1.29 is 0 Å². The molecule has 2 fully saturated rings. The van der Waals surface area contributed by atoms with Crippen LogP contribution in [0.5, 0.6) is 0 Å². The first-order valence-electron chi connectivity index (χ1n) is 11.2. The number of benzene rings is 1. The maximum absolute atomic E-state index is 5.05. The molecule has 6 nitrogen and oxygen atoms in total. The molecule has 2 aromatic heterocycles. The van der Waals surface area contributed by atoms with Gasteiger partial charge in [0.05, 0.1) is 11.2 Å². The van der Waals surface area contributed by atoms with Gasteiger partial charge in [-0.15, -0.1) is 0 Å². The first-order chi connectivity index (χ1) is 15.1. The van der Waals surface area contributed by atoms with Crippen molar-refractivity contribution in [3.05, 3.63) is 48.3 Å². The van der Waals surface area contributed by atoms with Crippen LogP contribution in [0, 0.1) is 5.41 Å². The van der Waals surface area contributed by atoms with Crippen LogP contribution in [0.1, 0.15) is 12.1 Å². The lowest BCUT2D eigenvalue weighted by Gasteiger charge is -2.57. The molecule has 1 aromatic carbocycles. The number of hydrogen-bond donors (Lipinski definition) is 2. The lowest BCUT2D eigenvalue weighted by molar-refractivity contribution is 0.121.